The number of nitrogens with one attached hydrogen (secondary N) is 2. The second kappa shape index (κ2) is 5.75. The Hall–Kier alpha value is -2.69. The zero-order valence-corrected chi connectivity index (χ0v) is 12.1. The van der Waals surface area contributed by atoms with Gasteiger partial charge in [-0.25, -0.2) is 4.98 Å². The van der Waals surface area contributed by atoms with Crippen LogP contribution in [0.15, 0.2) is 42.6 Å². The minimum Gasteiger partial charge on any atom is -0.354 e. The van der Waals surface area contributed by atoms with Crippen LogP contribution in [-0.2, 0) is 0 Å². The maximum Gasteiger partial charge on any atom is 0.224 e. The number of hydrogen-bond acceptors (Lipinski definition) is 5. The molecule has 0 aliphatic rings. The lowest BCUT2D eigenvalue weighted by atomic mass is 10.1. The van der Waals surface area contributed by atoms with Gasteiger partial charge in [0.25, 0.3) is 0 Å². The molecule has 0 unspecified atom stereocenters. The molecule has 106 valence electrons. The monoisotopic (exact) mass is 279 g/mol. The number of hydrogen-bond donors (Lipinski definition) is 2. The Balaban J connectivity index is 1.98. The Labute approximate surface area is 123 Å². The van der Waals surface area contributed by atoms with Crippen LogP contribution < -0.4 is 10.6 Å². The van der Waals surface area contributed by atoms with Gasteiger partial charge in [0.15, 0.2) is 0 Å². The highest BCUT2D eigenvalue weighted by Crippen LogP contribution is 2.24. The zero-order chi connectivity index (χ0) is 14.7. The lowest BCUT2D eigenvalue weighted by Gasteiger charge is -2.10. The van der Waals surface area contributed by atoms with Crippen LogP contribution in [0.25, 0.3) is 10.9 Å². The number of fused-ring (bicyclic) bond motifs is 1. The first-order valence-corrected chi connectivity index (χ1v) is 6.96. The Morgan fingerprint density at radius 1 is 1.05 bits per heavy atom. The summed E-state index contributed by atoms with van der Waals surface area (Å²) >= 11 is 0. The van der Waals surface area contributed by atoms with Crippen molar-refractivity contribution in [1.82, 2.24) is 15.0 Å². The van der Waals surface area contributed by atoms with Crippen LogP contribution in [0.4, 0.5) is 17.5 Å². The van der Waals surface area contributed by atoms with E-state index in [0.717, 1.165) is 34.6 Å². The van der Waals surface area contributed by atoms with E-state index < -0.39 is 0 Å². The molecule has 2 N–H and O–H groups in total. The second-order valence-corrected chi connectivity index (χ2v) is 4.75. The first-order valence-electron chi connectivity index (χ1n) is 6.96. The standard InChI is InChI=1S/C16H17N5/c1-3-17-16-18-10-9-14(21-16)20-13-6-4-5-12-8-7-11(2)19-15(12)13/h4-10H,3H2,1-2H3,(H2,17,18,20,21). The molecule has 0 bridgehead atoms. The van der Waals surface area contributed by atoms with Crippen molar-refractivity contribution < 1.29 is 0 Å². The lowest BCUT2D eigenvalue weighted by Crippen LogP contribution is -2.04. The summed E-state index contributed by atoms with van der Waals surface area (Å²) in [4.78, 5) is 13.2. The number of aromatic nitrogens is 3. The smallest absolute Gasteiger partial charge is 0.224 e. The Morgan fingerprint density at radius 3 is 2.81 bits per heavy atom. The summed E-state index contributed by atoms with van der Waals surface area (Å²) < 4.78 is 0. The van der Waals surface area contributed by atoms with E-state index in [1.807, 2.05) is 38.1 Å². The Morgan fingerprint density at radius 2 is 1.95 bits per heavy atom. The largest absolute Gasteiger partial charge is 0.354 e. The summed E-state index contributed by atoms with van der Waals surface area (Å²) in [6.07, 6.45) is 1.73. The van der Waals surface area contributed by atoms with Gasteiger partial charge in [0.2, 0.25) is 5.95 Å². The van der Waals surface area contributed by atoms with Crippen molar-refractivity contribution in [2.45, 2.75) is 13.8 Å². The van der Waals surface area contributed by atoms with E-state index in [4.69, 9.17) is 0 Å². The van der Waals surface area contributed by atoms with Gasteiger partial charge in [-0.1, -0.05) is 18.2 Å². The van der Waals surface area contributed by atoms with Gasteiger partial charge >= 0.3 is 0 Å². The molecule has 21 heavy (non-hydrogen) atoms. The molecule has 2 heterocycles. The highest BCUT2D eigenvalue weighted by Gasteiger charge is 2.04. The summed E-state index contributed by atoms with van der Waals surface area (Å²) in [5.41, 5.74) is 2.88. The SMILES string of the molecule is CCNc1nccc(Nc2cccc3ccc(C)nc23)n1. The molecule has 3 aromatic rings. The number of anilines is 3. The van der Waals surface area contributed by atoms with Crippen LogP contribution in [-0.4, -0.2) is 21.5 Å². The van der Waals surface area contributed by atoms with E-state index in [-0.39, 0.29) is 0 Å². The molecule has 3 rings (SSSR count). The molecule has 5 nitrogen and oxygen atoms in total. The molecular weight excluding hydrogens is 262 g/mol. The predicted octanol–water partition coefficient (Wildman–Crippen LogP) is 3.51. The van der Waals surface area contributed by atoms with Crippen LogP contribution in [0.5, 0.6) is 0 Å². The van der Waals surface area contributed by atoms with Crippen molar-refractivity contribution in [2.24, 2.45) is 0 Å². The maximum atomic E-state index is 4.61. The highest BCUT2D eigenvalue weighted by atomic mass is 15.1. The van der Waals surface area contributed by atoms with E-state index in [0.29, 0.717) is 5.95 Å². The summed E-state index contributed by atoms with van der Waals surface area (Å²) in [5.74, 6) is 1.36. The van der Waals surface area contributed by atoms with Gasteiger partial charge < -0.3 is 10.6 Å². The van der Waals surface area contributed by atoms with Crippen LogP contribution in [0, 0.1) is 6.92 Å². The molecule has 5 heteroatoms. The quantitative estimate of drug-likeness (QED) is 0.765. The van der Waals surface area contributed by atoms with Gasteiger partial charge in [0.05, 0.1) is 11.2 Å². The second-order valence-electron chi connectivity index (χ2n) is 4.75. The van der Waals surface area contributed by atoms with Crippen LogP contribution in [0.3, 0.4) is 0 Å². The molecule has 2 aromatic heterocycles. The van der Waals surface area contributed by atoms with Gasteiger partial charge in [-0.3, -0.25) is 4.98 Å². The molecule has 0 aliphatic carbocycles. The molecule has 1 aromatic carbocycles. The van der Waals surface area contributed by atoms with Gasteiger partial charge in [-0.05, 0) is 32.0 Å². The van der Waals surface area contributed by atoms with E-state index in [1.54, 1.807) is 6.20 Å². The summed E-state index contributed by atoms with van der Waals surface area (Å²) in [6, 6.07) is 12.0. The van der Waals surface area contributed by atoms with Crippen LogP contribution >= 0.6 is 0 Å². The van der Waals surface area contributed by atoms with Crippen molar-refractivity contribution >= 4 is 28.4 Å². The normalized spacial score (nSPS) is 10.6. The van der Waals surface area contributed by atoms with Crippen molar-refractivity contribution in [3.8, 4) is 0 Å². The average molecular weight is 279 g/mol. The van der Waals surface area contributed by atoms with Gasteiger partial charge in [-0.2, -0.15) is 4.98 Å². The van der Waals surface area contributed by atoms with Gasteiger partial charge in [0, 0.05) is 23.8 Å². The number of aryl methyl sites for hydroxylation is 1. The molecule has 0 aliphatic heterocycles. The molecule has 0 saturated carbocycles. The van der Waals surface area contributed by atoms with Crippen molar-refractivity contribution in [2.75, 3.05) is 17.2 Å². The van der Waals surface area contributed by atoms with Crippen molar-refractivity contribution in [3.05, 3.63) is 48.3 Å². The molecular formula is C16H17N5. The predicted molar refractivity (Wildman–Crippen MR) is 86.0 cm³/mol. The fourth-order valence-corrected chi connectivity index (χ4v) is 2.16. The first-order chi connectivity index (χ1) is 10.3. The summed E-state index contributed by atoms with van der Waals surface area (Å²) in [6.45, 7) is 4.80. The van der Waals surface area contributed by atoms with E-state index >= 15 is 0 Å². The van der Waals surface area contributed by atoms with E-state index in [1.165, 1.54) is 0 Å². The van der Waals surface area contributed by atoms with Crippen LogP contribution in [0.1, 0.15) is 12.6 Å². The number of para-hydroxylation sites is 1. The highest BCUT2D eigenvalue weighted by molar-refractivity contribution is 5.91. The topological polar surface area (TPSA) is 62.7 Å². The number of pyridine rings is 1. The summed E-state index contributed by atoms with van der Waals surface area (Å²) in [7, 11) is 0. The van der Waals surface area contributed by atoms with Crippen molar-refractivity contribution in [1.29, 1.82) is 0 Å². The maximum absolute atomic E-state index is 4.61. The molecule has 0 spiro atoms. The summed E-state index contributed by atoms with van der Waals surface area (Å²) in [5, 5.41) is 7.52. The lowest BCUT2D eigenvalue weighted by molar-refractivity contribution is 1.09. The molecule has 0 fully saturated rings. The third-order valence-electron chi connectivity index (χ3n) is 3.11. The number of rotatable bonds is 4. The van der Waals surface area contributed by atoms with Gasteiger partial charge in [0.1, 0.15) is 5.82 Å². The molecule has 0 saturated heterocycles. The number of benzene rings is 1. The van der Waals surface area contributed by atoms with Gasteiger partial charge in [-0.15, -0.1) is 0 Å². The fraction of sp³-hybridized carbons (Fsp3) is 0.188. The number of nitrogens with zero attached hydrogens (tertiary/aromatic N) is 3. The Bertz CT molecular complexity index is 769. The van der Waals surface area contributed by atoms with E-state index in [9.17, 15) is 0 Å². The molecule has 0 amide bonds. The first kappa shape index (κ1) is 13.3. The van der Waals surface area contributed by atoms with Crippen molar-refractivity contribution in [3.63, 3.8) is 0 Å². The molecule has 0 radical (unpaired) electrons. The molecule has 0 atom stereocenters. The fourth-order valence-electron chi connectivity index (χ4n) is 2.16. The Kier molecular flexibility index (Phi) is 3.64. The minimum atomic E-state index is 0.617. The van der Waals surface area contributed by atoms with Crippen LogP contribution in [0.2, 0.25) is 0 Å². The zero-order valence-electron chi connectivity index (χ0n) is 12.1. The minimum absolute atomic E-state index is 0.617. The van der Waals surface area contributed by atoms with E-state index in [2.05, 4.69) is 37.7 Å². The third kappa shape index (κ3) is 2.91. The average Bonchev–Trinajstić information content (AvgIpc) is 2.49. The third-order valence-corrected chi connectivity index (χ3v) is 3.11.